The Hall–Kier alpha value is -3.22. The fourth-order valence-corrected chi connectivity index (χ4v) is 2.45. The lowest BCUT2D eigenvalue weighted by molar-refractivity contribution is -0.118. The molecule has 0 aromatic heterocycles. The summed E-state index contributed by atoms with van der Waals surface area (Å²) in [6.07, 6.45) is 2.07. The first-order valence-electron chi connectivity index (χ1n) is 8.78. The van der Waals surface area contributed by atoms with Gasteiger partial charge in [0, 0.05) is 17.4 Å². The minimum Gasteiger partial charge on any atom is -0.493 e. The van der Waals surface area contributed by atoms with Crippen molar-refractivity contribution < 1.29 is 19.1 Å². The predicted octanol–water partition coefficient (Wildman–Crippen LogP) is 3.31. The molecule has 0 saturated heterocycles. The summed E-state index contributed by atoms with van der Waals surface area (Å²) in [4.78, 5) is 23.8. The molecule has 142 valence electrons. The molecule has 0 bridgehead atoms. The van der Waals surface area contributed by atoms with E-state index in [4.69, 9.17) is 9.47 Å². The Balaban J connectivity index is 1.48. The molecule has 7 heteroatoms. The molecule has 0 spiro atoms. The van der Waals surface area contributed by atoms with Crippen molar-refractivity contribution in [3.05, 3.63) is 48.0 Å². The Morgan fingerprint density at radius 3 is 2.30 bits per heavy atom. The molecule has 0 heterocycles. The maximum atomic E-state index is 12.1. The Bertz CT molecular complexity index is 816. The standard InChI is InChI=1S/C20H23N3O4/c1-13-3-10-17(18(11-13)26-2)27-12-19(24)21-14-4-6-15(7-5-14)22-20(25)23-16-8-9-16/h3-7,10-11,16H,8-9,12H2,1-2H3,(H,21,24)(H2,22,23,25). The first kappa shape index (κ1) is 18.6. The van der Waals surface area contributed by atoms with Gasteiger partial charge in [-0.2, -0.15) is 0 Å². The molecule has 3 N–H and O–H groups in total. The lowest BCUT2D eigenvalue weighted by atomic mass is 10.2. The predicted molar refractivity (Wildman–Crippen MR) is 103 cm³/mol. The third-order valence-corrected chi connectivity index (χ3v) is 4.02. The molecule has 3 rings (SSSR count). The largest absolute Gasteiger partial charge is 0.493 e. The van der Waals surface area contributed by atoms with E-state index in [0.29, 0.717) is 28.9 Å². The van der Waals surface area contributed by atoms with Crippen molar-refractivity contribution >= 4 is 23.3 Å². The van der Waals surface area contributed by atoms with Crippen molar-refractivity contribution in [2.45, 2.75) is 25.8 Å². The van der Waals surface area contributed by atoms with Gasteiger partial charge in [0.05, 0.1) is 7.11 Å². The number of aryl methyl sites for hydroxylation is 1. The van der Waals surface area contributed by atoms with Crippen LogP contribution in [0.5, 0.6) is 11.5 Å². The van der Waals surface area contributed by atoms with Crippen LogP contribution in [0, 0.1) is 6.92 Å². The Kier molecular flexibility index (Phi) is 5.80. The van der Waals surface area contributed by atoms with Crippen LogP contribution in [0.25, 0.3) is 0 Å². The minimum absolute atomic E-state index is 0.136. The van der Waals surface area contributed by atoms with Crippen molar-refractivity contribution in [2.75, 3.05) is 24.4 Å². The van der Waals surface area contributed by atoms with Gasteiger partial charge in [-0.25, -0.2) is 4.79 Å². The van der Waals surface area contributed by atoms with Crippen molar-refractivity contribution in [3.8, 4) is 11.5 Å². The van der Waals surface area contributed by atoms with Crippen LogP contribution in [-0.4, -0.2) is 31.7 Å². The Morgan fingerprint density at radius 2 is 1.67 bits per heavy atom. The van der Waals surface area contributed by atoms with Crippen molar-refractivity contribution in [3.63, 3.8) is 0 Å². The fraction of sp³-hybridized carbons (Fsp3) is 0.300. The highest BCUT2D eigenvalue weighted by atomic mass is 16.5. The average Bonchev–Trinajstić information content (AvgIpc) is 3.46. The molecule has 2 aromatic rings. The molecule has 1 aliphatic rings. The van der Waals surface area contributed by atoms with Crippen LogP contribution in [0.1, 0.15) is 18.4 Å². The number of methoxy groups -OCH3 is 1. The molecule has 0 aliphatic heterocycles. The van der Waals surface area contributed by atoms with Gasteiger partial charge in [0.25, 0.3) is 5.91 Å². The summed E-state index contributed by atoms with van der Waals surface area (Å²) in [6.45, 7) is 1.82. The molecule has 1 fully saturated rings. The highest BCUT2D eigenvalue weighted by Gasteiger charge is 2.23. The average molecular weight is 369 g/mol. The topological polar surface area (TPSA) is 88.7 Å². The summed E-state index contributed by atoms with van der Waals surface area (Å²) < 4.78 is 10.8. The molecule has 0 atom stereocenters. The van der Waals surface area contributed by atoms with Gasteiger partial charge in [0.15, 0.2) is 18.1 Å². The number of nitrogens with one attached hydrogen (secondary N) is 3. The first-order chi connectivity index (χ1) is 13.0. The first-order valence-corrected chi connectivity index (χ1v) is 8.78. The minimum atomic E-state index is -0.287. The number of amides is 3. The Labute approximate surface area is 158 Å². The summed E-state index contributed by atoms with van der Waals surface area (Å²) in [5.41, 5.74) is 2.32. The highest BCUT2D eigenvalue weighted by Crippen LogP contribution is 2.27. The molecular formula is C20H23N3O4. The van der Waals surface area contributed by atoms with Crippen LogP contribution >= 0.6 is 0 Å². The maximum absolute atomic E-state index is 12.1. The van der Waals surface area contributed by atoms with Gasteiger partial charge >= 0.3 is 6.03 Å². The molecule has 3 amide bonds. The van der Waals surface area contributed by atoms with Crippen LogP contribution < -0.4 is 25.4 Å². The third-order valence-electron chi connectivity index (χ3n) is 4.02. The number of hydrogen-bond donors (Lipinski definition) is 3. The summed E-state index contributed by atoms with van der Waals surface area (Å²) in [7, 11) is 1.56. The van der Waals surface area contributed by atoms with Crippen LogP contribution in [0.15, 0.2) is 42.5 Å². The molecule has 27 heavy (non-hydrogen) atoms. The monoisotopic (exact) mass is 369 g/mol. The van der Waals surface area contributed by atoms with Gasteiger partial charge in [-0.15, -0.1) is 0 Å². The smallest absolute Gasteiger partial charge is 0.319 e. The maximum Gasteiger partial charge on any atom is 0.319 e. The normalized spacial score (nSPS) is 12.8. The zero-order chi connectivity index (χ0) is 19.2. The van der Waals surface area contributed by atoms with Gasteiger partial charge in [0.1, 0.15) is 0 Å². The quantitative estimate of drug-likeness (QED) is 0.699. The fourth-order valence-electron chi connectivity index (χ4n) is 2.45. The second-order valence-corrected chi connectivity index (χ2v) is 6.44. The van der Waals surface area contributed by atoms with Gasteiger partial charge in [-0.05, 0) is 61.7 Å². The van der Waals surface area contributed by atoms with Crippen LogP contribution in [-0.2, 0) is 4.79 Å². The third kappa shape index (κ3) is 5.64. The second-order valence-electron chi connectivity index (χ2n) is 6.44. The number of carbonyl (C=O) groups excluding carboxylic acids is 2. The second kappa shape index (κ2) is 8.44. The summed E-state index contributed by atoms with van der Waals surface area (Å²) in [5, 5.41) is 8.35. The van der Waals surface area contributed by atoms with E-state index in [0.717, 1.165) is 18.4 Å². The molecule has 1 saturated carbocycles. The van der Waals surface area contributed by atoms with E-state index in [-0.39, 0.29) is 18.5 Å². The van der Waals surface area contributed by atoms with Gasteiger partial charge in [0.2, 0.25) is 0 Å². The molecule has 1 aliphatic carbocycles. The van der Waals surface area contributed by atoms with E-state index in [1.54, 1.807) is 37.4 Å². The number of rotatable bonds is 7. The summed E-state index contributed by atoms with van der Waals surface area (Å²) in [6, 6.07) is 12.5. The van der Waals surface area contributed by atoms with E-state index >= 15 is 0 Å². The number of hydrogen-bond acceptors (Lipinski definition) is 4. The van der Waals surface area contributed by atoms with Gasteiger partial charge in [-0.1, -0.05) is 6.07 Å². The van der Waals surface area contributed by atoms with Crippen molar-refractivity contribution in [2.24, 2.45) is 0 Å². The molecule has 0 radical (unpaired) electrons. The molecule has 7 nitrogen and oxygen atoms in total. The van der Waals surface area contributed by atoms with E-state index in [2.05, 4.69) is 16.0 Å². The van der Waals surface area contributed by atoms with E-state index in [9.17, 15) is 9.59 Å². The van der Waals surface area contributed by atoms with Gasteiger partial charge < -0.3 is 25.4 Å². The van der Waals surface area contributed by atoms with E-state index < -0.39 is 0 Å². The lowest BCUT2D eigenvalue weighted by Crippen LogP contribution is -2.30. The molecule has 0 unspecified atom stereocenters. The number of ether oxygens (including phenoxy) is 2. The summed E-state index contributed by atoms with van der Waals surface area (Å²) >= 11 is 0. The lowest BCUT2D eigenvalue weighted by Gasteiger charge is -2.12. The van der Waals surface area contributed by atoms with Crippen molar-refractivity contribution in [1.29, 1.82) is 0 Å². The summed E-state index contributed by atoms with van der Waals surface area (Å²) in [5.74, 6) is 0.812. The van der Waals surface area contributed by atoms with Gasteiger partial charge in [-0.3, -0.25) is 4.79 Å². The van der Waals surface area contributed by atoms with E-state index in [1.165, 1.54) is 0 Å². The Morgan fingerprint density at radius 1 is 1.00 bits per heavy atom. The zero-order valence-electron chi connectivity index (χ0n) is 15.4. The number of urea groups is 1. The zero-order valence-corrected chi connectivity index (χ0v) is 15.4. The number of benzene rings is 2. The van der Waals surface area contributed by atoms with E-state index in [1.807, 2.05) is 19.1 Å². The highest BCUT2D eigenvalue weighted by molar-refractivity contribution is 5.93. The van der Waals surface area contributed by atoms with Crippen LogP contribution in [0.2, 0.25) is 0 Å². The van der Waals surface area contributed by atoms with Crippen LogP contribution in [0.4, 0.5) is 16.2 Å². The van der Waals surface area contributed by atoms with Crippen molar-refractivity contribution in [1.82, 2.24) is 5.32 Å². The number of carbonyl (C=O) groups is 2. The SMILES string of the molecule is COc1cc(C)ccc1OCC(=O)Nc1ccc(NC(=O)NC2CC2)cc1. The number of anilines is 2. The molecular weight excluding hydrogens is 346 g/mol. The van der Waals surface area contributed by atoms with Crippen LogP contribution in [0.3, 0.4) is 0 Å². The molecule has 2 aromatic carbocycles.